The summed E-state index contributed by atoms with van der Waals surface area (Å²) >= 11 is 0. The lowest BCUT2D eigenvalue weighted by Gasteiger charge is -2.40. The van der Waals surface area contributed by atoms with Crippen LogP contribution in [-0.4, -0.2) is 87.5 Å². The number of nitrogens with one attached hydrogen (secondary N) is 1. The van der Waals surface area contributed by atoms with Gasteiger partial charge in [0.05, 0.1) is 25.4 Å². The van der Waals surface area contributed by atoms with Gasteiger partial charge in [-0.25, -0.2) is 0 Å². The van der Waals surface area contributed by atoms with Crippen molar-refractivity contribution >= 4 is 5.91 Å². The van der Waals surface area contributed by atoms with E-state index in [0.717, 1.165) is 64.2 Å². The van der Waals surface area contributed by atoms with Crippen LogP contribution in [0.2, 0.25) is 0 Å². The molecule has 0 radical (unpaired) electrons. The first-order valence-corrected chi connectivity index (χ1v) is 20.5. The van der Waals surface area contributed by atoms with Crippen LogP contribution in [0.4, 0.5) is 0 Å². The molecule has 1 rings (SSSR count). The van der Waals surface area contributed by atoms with E-state index in [0.29, 0.717) is 12.8 Å². The van der Waals surface area contributed by atoms with Gasteiger partial charge in [-0.1, -0.05) is 147 Å². The maximum Gasteiger partial charge on any atom is 0.220 e. The third-order valence-electron chi connectivity index (χ3n) is 9.81. The Morgan fingerprint density at radius 2 is 1.18 bits per heavy atom. The van der Waals surface area contributed by atoms with Crippen LogP contribution < -0.4 is 5.32 Å². The molecule has 50 heavy (non-hydrogen) atoms. The molecule has 0 saturated carbocycles. The molecule has 0 aromatic carbocycles. The number of carbonyl (C=O) groups excluding carboxylic acids is 1. The number of aliphatic hydroxyl groups excluding tert-OH is 5. The van der Waals surface area contributed by atoms with Gasteiger partial charge in [0, 0.05) is 6.42 Å². The van der Waals surface area contributed by atoms with E-state index in [-0.39, 0.29) is 12.5 Å². The standard InChI is InChI=1S/C41H77NO8/c1-3-5-7-9-11-13-15-16-17-18-19-21-23-25-27-29-31-37(45)42-34(33-49-41-40(48)39(47)38(46)36(32-43)50-41)35(44)30-28-26-24-22-20-14-12-10-8-6-4-2/h13,15,17-18,34-36,38-41,43-44,46-48H,3-12,14,16,19-33H2,1-2H3,(H,42,45)/b15-13-,18-17-. The Kier molecular flexibility index (Phi) is 30.2. The molecule has 9 heteroatoms. The van der Waals surface area contributed by atoms with Gasteiger partial charge in [-0.3, -0.25) is 4.79 Å². The van der Waals surface area contributed by atoms with Gasteiger partial charge >= 0.3 is 0 Å². The zero-order valence-electron chi connectivity index (χ0n) is 31.9. The predicted molar refractivity (Wildman–Crippen MR) is 203 cm³/mol. The lowest BCUT2D eigenvalue weighted by molar-refractivity contribution is -0.302. The Labute approximate surface area is 305 Å². The molecule has 1 heterocycles. The highest BCUT2D eigenvalue weighted by Gasteiger charge is 2.44. The first-order chi connectivity index (χ1) is 24.3. The lowest BCUT2D eigenvalue weighted by Crippen LogP contribution is -2.60. The van der Waals surface area contributed by atoms with Crippen LogP contribution in [0.25, 0.3) is 0 Å². The van der Waals surface area contributed by atoms with E-state index in [4.69, 9.17) is 9.47 Å². The van der Waals surface area contributed by atoms with Gasteiger partial charge in [-0.05, 0) is 44.9 Å². The molecule has 1 fully saturated rings. The number of hydrogen-bond donors (Lipinski definition) is 6. The van der Waals surface area contributed by atoms with Crippen LogP contribution in [0.5, 0.6) is 0 Å². The summed E-state index contributed by atoms with van der Waals surface area (Å²) in [6.07, 6.45) is 28.9. The fourth-order valence-electron chi connectivity index (χ4n) is 6.42. The van der Waals surface area contributed by atoms with Crippen molar-refractivity contribution < 1.29 is 39.8 Å². The summed E-state index contributed by atoms with van der Waals surface area (Å²) in [4.78, 5) is 12.9. The largest absolute Gasteiger partial charge is 0.394 e. The normalized spacial score (nSPS) is 22.4. The van der Waals surface area contributed by atoms with Crippen molar-refractivity contribution in [3.8, 4) is 0 Å². The molecule has 7 unspecified atom stereocenters. The number of allylic oxidation sites excluding steroid dienone is 4. The average molecular weight is 712 g/mol. The smallest absolute Gasteiger partial charge is 0.220 e. The first-order valence-electron chi connectivity index (χ1n) is 20.5. The number of hydrogen-bond acceptors (Lipinski definition) is 8. The van der Waals surface area contributed by atoms with Crippen molar-refractivity contribution in [2.75, 3.05) is 13.2 Å². The minimum absolute atomic E-state index is 0.143. The number of aliphatic hydroxyl groups is 5. The van der Waals surface area contributed by atoms with Crippen molar-refractivity contribution in [1.29, 1.82) is 0 Å². The van der Waals surface area contributed by atoms with Crippen LogP contribution in [0, 0.1) is 0 Å². The Balaban J connectivity index is 2.39. The summed E-state index contributed by atoms with van der Waals surface area (Å²) in [6, 6.07) is -0.722. The highest BCUT2D eigenvalue weighted by atomic mass is 16.7. The molecule has 6 N–H and O–H groups in total. The predicted octanol–water partition coefficient (Wildman–Crippen LogP) is 7.55. The summed E-state index contributed by atoms with van der Waals surface area (Å²) in [5, 5.41) is 54.1. The van der Waals surface area contributed by atoms with Crippen molar-refractivity contribution in [1.82, 2.24) is 5.32 Å². The molecule has 9 nitrogen and oxygen atoms in total. The van der Waals surface area contributed by atoms with Crippen molar-refractivity contribution in [3.05, 3.63) is 24.3 Å². The summed E-state index contributed by atoms with van der Waals surface area (Å²) in [5.41, 5.74) is 0. The molecule has 294 valence electrons. The fourth-order valence-corrected chi connectivity index (χ4v) is 6.42. The van der Waals surface area contributed by atoms with E-state index in [1.165, 1.54) is 83.5 Å². The van der Waals surface area contributed by atoms with Crippen LogP contribution in [0.3, 0.4) is 0 Å². The third kappa shape index (κ3) is 23.3. The molecule has 0 aromatic rings. The van der Waals surface area contributed by atoms with Gasteiger partial charge in [0.25, 0.3) is 0 Å². The molecule has 0 aliphatic carbocycles. The van der Waals surface area contributed by atoms with Crippen molar-refractivity contribution in [2.45, 2.75) is 217 Å². The second-order valence-corrected chi connectivity index (χ2v) is 14.4. The molecule has 0 bridgehead atoms. The number of carbonyl (C=O) groups is 1. The van der Waals surface area contributed by atoms with E-state index in [2.05, 4.69) is 43.5 Å². The number of rotatable bonds is 33. The summed E-state index contributed by atoms with van der Waals surface area (Å²) in [5.74, 6) is -0.160. The van der Waals surface area contributed by atoms with Crippen LogP contribution in [0.15, 0.2) is 24.3 Å². The van der Waals surface area contributed by atoms with Crippen LogP contribution >= 0.6 is 0 Å². The zero-order valence-corrected chi connectivity index (χ0v) is 31.9. The quantitative estimate of drug-likeness (QED) is 0.0302. The Morgan fingerprint density at radius 1 is 0.680 bits per heavy atom. The van der Waals surface area contributed by atoms with Crippen LogP contribution in [0.1, 0.15) is 174 Å². The van der Waals surface area contributed by atoms with Gasteiger partial charge in [0.2, 0.25) is 5.91 Å². The highest BCUT2D eigenvalue weighted by Crippen LogP contribution is 2.23. The van der Waals surface area contributed by atoms with Crippen LogP contribution in [-0.2, 0) is 14.3 Å². The van der Waals surface area contributed by atoms with E-state index >= 15 is 0 Å². The molecule has 1 aliphatic heterocycles. The Bertz CT molecular complexity index is 837. The van der Waals surface area contributed by atoms with Gasteiger partial charge in [0.15, 0.2) is 6.29 Å². The summed E-state index contributed by atoms with van der Waals surface area (Å²) in [7, 11) is 0. The molecule has 1 aliphatic rings. The molecule has 7 atom stereocenters. The lowest BCUT2D eigenvalue weighted by atomic mass is 9.99. The minimum Gasteiger partial charge on any atom is -0.394 e. The maximum atomic E-state index is 12.9. The highest BCUT2D eigenvalue weighted by molar-refractivity contribution is 5.76. The second kappa shape index (κ2) is 32.3. The molecular weight excluding hydrogens is 634 g/mol. The average Bonchev–Trinajstić information content (AvgIpc) is 3.11. The van der Waals surface area contributed by atoms with Gasteiger partial charge < -0.3 is 40.3 Å². The number of unbranched alkanes of at least 4 members (excludes halogenated alkanes) is 19. The van der Waals surface area contributed by atoms with Gasteiger partial charge in [-0.2, -0.15) is 0 Å². The van der Waals surface area contributed by atoms with E-state index in [9.17, 15) is 30.3 Å². The SMILES string of the molecule is CCCCCC/C=C\C/C=C\CCCCCCCC(=O)NC(COC1OC(CO)C(O)C(O)C1O)C(O)CCCCCCCCCCCCC. The molecular formula is C41H77NO8. The summed E-state index contributed by atoms with van der Waals surface area (Å²) in [6.45, 7) is 3.78. The Morgan fingerprint density at radius 3 is 1.74 bits per heavy atom. The number of amides is 1. The van der Waals surface area contributed by atoms with E-state index in [1.807, 2.05) is 0 Å². The van der Waals surface area contributed by atoms with Crippen molar-refractivity contribution in [2.24, 2.45) is 0 Å². The molecule has 1 amide bonds. The zero-order chi connectivity index (χ0) is 36.7. The number of ether oxygens (including phenoxy) is 2. The second-order valence-electron chi connectivity index (χ2n) is 14.4. The van der Waals surface area contributed by atoms with Crippen molar-refractivity contribution in [3.63, 3.8) is 0 Å². The van der Waals surface area contributed by atoms with Gasteiger partial charge in [0.1, 0.15) is 24.4 Å². The monoisotopic (exact) mass is 712 g/mol. The van der Waals surface area contributed by atoms with Gasteiger partial charge in [-0.15, -0.1) is 0 Å². The third-order valence-corrected chi connectivity index (χ3v) is 9.81. The van der Waals surface area contributed by atoms with E-state index < -0.39 is 49.5 Å². The topological polar surface area (TPSA) is 149 Å². The molecule has 0 spiro atoms. The molecule has 0 aromatic heterocycles. The van der Waals surface area contributed by atoms with E-state index in [1.54, 1.807) is 0 Å². The first kappa shape index (κ1) is 46.7. The Hall–Kier alpha value is -1.33. The fraction of sp³-hybridized carbons (Fsp3) is 0.878. The maximum absolute atomic E-state index is 12.9. The minimum atomic E-state index is -1.55. The summed E-state index contributed by atoms with van der Waals surface area (Å²) < 4.78 is 11.2. The molecule has 1 saturated heterocycles.